The van der Waals surface area contributed by atoms with Crippen LogP contribution in [0.15, 0.2) is 41.9 Å². The molecule has 2 aromatic rings. The summed E-state index contributed by atoms with van der Waals surface area (Å²) in [6, 6.07) is 7.17. The topological polar surface area (TPSA) is 78.3 Å². The van der Waals surface area contributed by atoms with Crippen LogP contribution in [0.3, 0.4) is 0 Å². The number of rotatable bonds is 5. The number of fused-ring (bicyclic) bond motifs is 1. The van der Waals surface area contributed by atoms with Crippen molar-refractivity contribution in [2.24, 2.45) is 0 Å². The number of anilines is 1. The summed E-state index contributed by atoms with van der Waals surface area (Å²) < 4.78 is 12.7. The number of esters is 1. The van der Waals surface area contributed by atoms with Gasteiger partial charge in [0.25, 0.3) is 0 Å². The van der Waals surface area contributed by atoms with E-state index in [0.717, 1.165) is 5.56 Å². The number of nitrogens with zero attached hydrogens (tertiary/aromatic N) is 3. The van der Waals surface area contributed by atoms with Crippen molar-refractivity contribution in [3.8, 4) is 5.75 Å². The Morgan fingerprint density at radius 1 is 1.29 bits per heavy atom. The van der Waals surface area contributed by atoms with E-state index in [1.807, 2.05) is 38.1 Å². The highest BCUT2D eigenvalue weighted by molar-refractivity contribution is 5.92. The smallest absolute Gasteiger partial charge is 0.338 e. The van der Waals surface area contributed by atoms with Crippen LogP contribution in [0.2, 0.25) is 0 Å². The maximum atomic E-state index is 12.6. The van der Waals surface area contributed by atoms with Gasteiger partial charge < -0.3 is 14.8 Å². The second kappa shape index (κ2) is 6.74. The summed E-state index contributed by atoms with van der Waals surface area (Å²) in [6.45, 7) is 6.38. The molecule has 0 saturated carbocycles. The molecule has 3 rings (SSSR count). The van der Waals surface area contributed by atoms with Crippen molar-refractivity contribution in [3.63, 3.8) is 0 Å². The molecule has 0 bridgehead atoms. The molecule has 7 heteroatoms. The predicted molar refractivity (Wildman–Crippen MR) is 88.7 cm³/mol. The first kappa shape index (κ1) is 16.0. The van der Waals surface area contributed by atoms with Crippen LogP contribution in [-0.4, -0.2) is 33.9 Å². The molecule has 7 nitrogen and oxygen atoms in total. The SMILES string of the molecule is CCOC(=O)C1=C(C)Nc2ncnn2[C@H]1c1ccccc1OCC. The van der Waals surface area contributed by atoms with Gasteiger partial charge in [-0.3, -0.25) is 0 Å². The zero-order chi connectivity index (χ0) is 17.1. The fraction of sp³-hybridized carbons (Fsp3) is 0.353. The Bertz CT molecular complexity index is 782. The van der Waals surface area contributed by atoms with Crippen LogP contribution in [-0.2, 0) is 9.53 Å². The minimum absolute atomic E-state index is 0.305. The van der Waals surface area contributed by atoms with Gasteiger partial charge in [-0.1, -0.05) is 18.2 Å². The first-order valence-electron chi connectivity index (χ1n) is 7.93. The molecule has 0 radical (unpaired) electrons. The van der Waals surface area contributed by atoms with Crippen LogP contribution in [0, 0.1) is 0 Å². The molecule has 0 aliphatic carbocycles. The summed E-state index contributed by atoms with van der Waals surface area (Å²) in [5.41, 5.74) is 2.04. The second-order valence-corrected chi connectivity index (χ2v) is 5.29. The zero-order valence-corrected chi connectivity index (χ0v) is 13.9. The second-order valence-electron chi connectivity index (χ2n) is 5.29. The van der Waals surface area contributed by atoms with Gasteiger partial charge in [0.05, 0.1) is 18.8 Å². The first-order valence-corrected chi connectivity index (χ1v) is 7.93. The average molecular weight is 328 g/mol. The van der Waals surface area contributed by atoms with E-state index in [9.17, 15) is 4.79 Å². The molecule has 126 valence electrons. The number of nitrogens with one attached hydrogen (secondary N) is 1. The van der Waals surface area contributed by atoms with Gasteiger partial charge in [0.1, 0.15) is 18.1 Å². The summed E-state index contributed by atoms with van der Waals surface area (Å²) in [5.74, 6) is 0.916. The third-order valence-corrected chi connectivity index (χ3v) is 3.80. The van der Waals surface area contributed by atoms with Crippen LogP contribution >= 0.6 is 0 Å². The summed E-state index contributed by atoms with van der Waals surface area (Å²) in [6.07, 6.45) is 1.46. The van der Waals surface area contributed by atoms with Crippen molar-refractivity contribution in [2.45, 2.75) is 26.8 Å². The van der Waals surface area contributed by atoms with Gasteiger partial charge >= 0.3 is 5.97 Å². The number of benzene rings is 1. The lowest BCUT2D eigenvalue weighted by molar-refractivity contribution is -0.139. The van der Waals surface area contributed by atoms with Gasteiger partial charge in [0, 0.05) is 11.3 Å². The van der Waals surface area contributed by atoms with E-state index < -0.39 is 6.04 Å². The molecule has 1 aliphatic rings. The maximum absolute atomic E-state index is 12.6. The zero-order valence-electron chi connectivity index (χ0n) is 13.9. The summed E-state index contributed by atoms with van der Waals surface area (Å²) in [5, 5.41) is 7.40. The Hall–Kier alpha value is -2.83. The van der Waals surface area contributed by atoms with E-state index in [4.69, 9.17) is 9.47 Å². The van der Waals surface area contributed by atoms with Gasteiger partial charge in [-0.05, 0) is 26.8 Å². The Balaban J connectivity index is 2.16. The standard InChI is InChI=1S/C17H20N4O3/c1-4-23-13-9-7-6-8-12(13)15-14(16(22)24-5-2)11(3)20-17-18-10-19-21(15)17/h6-10,15H,4-5H2,1-3H3,(H,18,19,20)/t15-/m0/s1. The number of allylic oxidation sites excluding steroid dienone is 1. The van der Waals surface area contributed by atoms with E-state index in [-0.39, 0.29) is 5.97 Å². The Morgan fingerprint density at radius 2 is 2.08 bits per heavy atom. The molecular weight excluding hydrogens is 308 g/mol. The fourth-order valence-corrected chi connectivity index (χ4v) is 2.85. The van der Waals surface area contributed by atoms with Crippen LogP contribution in [0.5, 0.6) is 5.75 Å². The molecule has 0 amide bonds. The quantitative estimate of drug-likeness (QED) is 0.850. The van der Waals surface area contributed by atoms with E-state index in [0.29, 0.717) is 36.2 Å². The average Bonchev–Trinajstić information content (AvgIpc) is 3.02. The van der Waals surface area contributed by atoms with E-state index in [2.05, 4.69) is 15.4 Å². The molecule has 0 fully saturated rings. The van der Waals surface area contributed by atoms with Crippen molar-refractivity contribution in [2.75, 3.05) is 18.5 Å². The maximum Gasteiger partial charge on any atom is 0.338 e. The van der Waals surface area contributed by atoms with E-state index >= 15 is 0 Å². The number of carbonyl (C=O) groups excluding carboxylic acids is 1. The van der Waals surface area contributed by atoms with Gasteiger partial charge in [-0.25, -0.2) is 9.48 Å². The molecule has 0 spiro atoms. The van der Waals surface area contributed by atoms with Crippen molar-refractivity contribution in [1.82, 2.24) is 14.8 Å². The van der Waals surface area contributed by atoms with Crippen molar-refractivity contribution < 1.29 is 14.3 Å². The molecule has 1 aromatic carbocycles. The van der Waals surface area contributed by atoms with Crippen LogP contribution in [0.25, 0.3) is 0 Å². The lowest BCUT2D eigenvalue weighted by Gasteiger charge is -2.29. The summed E-state index contributed by atoms with van der Waals surface area (Å²) >= 11 is 0. The monoisotopic (exact) mass is 328 g/mol. The van der Waals surface area contributed by atoms with Crippen LogP contribution < -0.4 is 10.1 Å². The van der Waals surface area contributed by atoms with Gasteiger partial charge in [-0.2, -0.15) is 10.1 Å². The fourth-order valence-electron chi connectivity index (χ4n) is 2.85. The van der Waals surface area contributed by atoms with Crippen molar-refractivity contribution in [1.29, 1.82) is 0 Å². The molecule has 0 saturated heterocycles. The van der Waals surface area contributed by atoms with E-state index in [1.165, 1.54) is 6.33 Å². The Morgan fingerprint density at radius 3 is 2.83 bits per heavy atom. The first-order chi connectivity index (χ1) is 11.7. The minimum atomic E-state index is -0.453. The molecule has 1 aliphatic heterocycles. The number of carbonyl (C=O) groups is 1. The largest absolute Gasteiger partial charge is 0.494 e. The molecular formula is C17H20N4O3. The lowest BCUT2D eigenvalue weighted by atomic mass is 9.95. The highest BCUT2D eigenvalue weighted by atomic mass is 16.5. The normalized spacial score (nSPS) is 16.4. The Kier molecular flexibility index (Phi) is 4.50. The van der Waals surface area contributed by atoms with E-state index in [1.54, 1.807) is 11.6 Å². The van der Waals surface area contributed by atoms with Gasteiger partial charge in [-0.15, -0.1) is 0 Å². The minimum Gasteiger partial charge on any atom is -0.494 e. The lowest BCUT2D eigenvalue weighted by Crippen LogP contribution is -2.30. The predicted octanol–water partition coefficient (Wildman–Crippen LogP) is 2.53. The molecule has 1 atom stereocenters. The van der Waals surface area contributed by atoms with Crippen LogP contribution in [0.4, 0.5) is 5.95 Å². The van der Waals surface area contributed by atoms with Crippen molar-refractivity contribution >= 4 is 11.9 Å². The molecule has 1 N–H and O–H groups in total. The number of hydrogen-bond donors (Lipinski definition) is 1. The number of hydrogen-bond acceptors (Lipinski definition) is 6. The van der Waals surface area contributed by atoms with Gasteiger partial charge in [0.15, 0.2) is 0 Å². The highest BCUT2D eigenvalue weighted by Crippen LogP contribution is 2.39. The van der Waals surface area contributed by atoms with Crippen molar-refractivity contribution in [3.05, 3.63) is 47.4 Å². The highest BCUT2D eigenvalue weighted by Gasteiger charge is 2.35. The third kappa shape index (κ3) is 2.73. The van der Waals surface area contributed by atoms with Gasteiger partial charge in [0.2, 0.25) is 5.95 Å². The molecule has 2 heterocycles. The molecule has 1 aromatic heterocycles. The summed E-state index contributed by atoms with van der Waals surface area (Å²) in [7, 11) is 0. The number of ether oxygens (including phenoxy) is 2. The third-order valence-electron chi connectivity index (χ3n) is 3.80. The number of para-hydroxylation sites is 1. The Labute approximate surface area is 140 Å². The van der Waals surface area contributed by atoms with Crippen LogP contribution in [0.1, 0.15) is 32.4 Å². The molecule has 0 unspecified atom stereocenters. The number of aromatic nitrogens is 3. The molecule has 24 heavy (non-hydrogen) atoms. The summed E-state index contributed by atoms with van der Waals surface area (Å²) in [4.78, 5) is 16.8.